The van der Waals surface area contributed by atoms with Crippen LogP contribution in [0, 0.1) is 0 Å². The van der Waals surface area contributed by atoms with Crippen molar-refractivity contribution in [1.29, 1.82) is 0 Å². The van der Waals surface area contributed by atoms with Gasteiger partial charge in [-0.15, -0.1) is 0 Å². The molecule has 6 heteroatoms. The van der Waals surface area contributed by atoms with E-state index in [2.05, 4.69) is 10.9 Å². The quantitative estimate of drug-likeness (QED) is 0.840. The number of benzene rings is 2. The van der Waals surface area contributed by atoms with E-state index in [-0.39, 0.29) is 19.1 Å². The van der Waals surface area contributed by atoms with Crippen LogP contribution in [0.1, 0.15) is 15.9 Å². The number of ether oxygens (including phenoxy) is 2. The minimum atomic E-state index is -0.417. The first-order chi connectivity index (χ1) is 10.7. The first-order valence-electron chi connectivity index (χ1n) is 6.75. The van der Waals surface area contributed by atoms with Crippen LogP contribution in [0.5, 0.6) is 11.5 Å². The Kier molecular flexibility index (Phi) is 3.91. The van der Waals surface area contributed by atoms with Crippen LogP contribution >= 0.6 is 0 Å². The molecule has 3 rings (SSSR count). The van der Waals surface area contributed by atoms with Gasteiger partial charge < -0.3 is 9.47 Å². The minimum Gasteiger partial charge on any atom is -0.454 e. The van der Waals surface area contributed by atoms with Gasteiger partial charge in [-0.3, -0.25) is 20.4 Å². The Labute approximate surface area is 127 Å². The van der Waals surface area contributed by atoms with Gasteiger partial charge in [0.05, 0.1) is 6.42 Å². The lowest BCUT2D eigenvalue weighted by Crippen LogP contribution is -2.42. The summed E-state index contributed by atoms with van der Waals surface area (Å²) in [5.74, 6) is 0.410. The SMILES string of the molecule is O=C(Cc1ccccc1)NNC(=O)c1ccc2c(c1)OCO2. The summed E-state index contributed by atoms with van der Waals surface area (Å²) in [6, 6.07) is 14.1. The summed E-state index contributed by atoms with van der Waals surface area (Å²) < 4.78 is 10.4. The van der Waals surface area contributed by atoms with Gasteiger partial charge in [0, 0.05) is 5.56 Å². The van der Waals surface area contributed by atoms with Crippen LogP contribution in [0.25, 0.3) is 0 Å². The summed E-state index contributed by atoms with van der Waals surface area (Å²) >= 11 is 0. The largest absolute Gasteiger partial charge is 0.454 e. The highest BCUT2D eigenvalue weighted by Crippen LogP contribution is 2.32. The standard InChI is InChI=1S/C16H14N2O4/c19-15(8-11-4-2-1-3-5-11)17-18-16(20)12-6-7-13-14(9-12)22-10-21-13/h1-7,9H,8,10H2,(H,17,19)(H,18,20). The number of rotatable bonds is 3. The number of hydrazine groups is 1. The molecule has 6 nitrogen and oxygen atoms in total. The van der Waals surface area contributed by atoms with Gasteiger partial charge >= 0.3 is 0 Å². The molecule has 1 aliphatic rings. The van der Waals surface area contributed by atoms with E-state index in [1.807, 2.05) is 30.3 Å². The molecule has 0 aromatic heterocycles. The van der Waals surface area contributed by atoms with E-state index >= 15 is 0 Å². The normalized spacial score (nSPS) is 11.8. The molecule has 0 aliphatic carbocycles. The first-order valence-corrected chi connectivity index (χ1v) is 6.75. The third kappa shape index (κ3) is 3.17. The maximum atomic E-state index is 12.0. The average molecular weight is 298 g/mol. The number of hydrogen-bond acceptors (Lipinski definition) is 4. The Balaban J connectivity index is 1.55. The van der Waals surface area contributed by atoms with E-state index in [0.717, 1.165) is 5.56 Å². The molecule has 0 saturated heterocycles. The van der Waals surface area contributed by atoms with Gasteiger partial charge in [0.15, 0.2) is 11.5 Å². The maximum absolute atomic E-state index is 12.0. The molecule has 0 saturated carbocycles. The molecule has 0 atom stereocenters. The molecule has 0 bridgehead atoms. The second-order valence-electron chi connectivity index (χ2n) is 4.73. The van der Waals surface area contributed by atoms with Crippen LogP contribution in [0.3, 0.4) is 0 Å². The van der Waals surface area contributed by atoms with Crippen LogP contribution in [0.4, 0.5) is 0 Å². The number of amides is 2. The number of carbonyl (C=O) groups is 2. The van der Waals surface area contributed by atoms with Gasteiger partial charge in [0.2, 0.25) is 12.7 Å². The summed E-state index contributed by atoms with van der Waals surface area (Å²) in [7, 11) is 0. The zero-order valence-corrected chi connectivity index (χ0v) is 11.7. The monoisotopic (exact) mass is 298 g/mol. The van der Waals surface area contributed by atoms with E-state index < -0.39 is 5.91 Å². The van der Waals surface area contributed by atoms with Crippen molar-refractivity contribution >= 4 is 11.8 Å². The molecule has 2 aromatic carbocycles. The number of fused-ring (bicyclic) bond motifs is 1. The number of nitrogens with one attached hydrogen (secondary N) is 2. The van der Waals surface area contributed by atoms with Crippen molar-refractivity contribution in [2.45, 2.75) is 6.42 Å². The Bertz CT molecular complexity index is 701. The molecule has 22 heavy (non-hydrogen) atoms. The first kappa shape index (κ1) is 13.9. The van der Waals surface area contributed by atoms with Crippen molar-refractivity contribution in [3.05, 3.63) is 59.7 Å². The Hall–Kier alpha value is -3.02. The molecular weight excluding hydrogens is 284 g/mol. The molecule has 0 unspecified atom stereocenters. The Morgan fingerprint density at radius 2 is 1.73 bits per heavy atom. The fourth-order valence-electron chi connectivity index (χ4n) is 2.06. The highest BCUT2D eigenvalue weighted by Gasteiger charge is 2.16. The highest BCUT2D eigenvalue weighted by atomic mass is 16.7. The molecule has 112 valence electrons. The van der Waals surface area contributed by atoms with E-state index in [0.29, 0.717) is 17.1 Å². The fraction of sp³-hybridized carbons (Fsp3) is 0.125. The molecule has 1 heterocycles. The summed E-state index contributed by atoms with van der Waals surface area (Å²) in [6.45, 7) is 0.147. The molecular formula is C16H14N2O4. The third-order valence-electron chi connectivity index (χ3n) is 3.16. The highest BCUT2D eigenvalue weighted by molar-refractivity contribution is 5.96. The summed E-state index contributed by atoms with van der Waals surface area (Å²) in [6.07, 6.45) is 0.197. The molecule has 2 aromatic rings. The summed E-state index contributed by atoms with van der Waals surface area (Å²) in [5.41, 5.74) is 6.01. The van der Waals surface area contributed by atoms with Gasteiger partial charge in [0.1, 0.15) is 0 Å². The number of carbonyl (C=O) groups excluding carboxylic acids is 2. The Morgan fingerprint density at radius 1 is 0.955 bits per heavy atom. The fourth-order valence-corrected chi connectivity index (χ4v) is 2.06. The van der Waals surface area contributed by atoms with Crippen molar-refractivity contribution in [3.63, 3.8) is 0 Å². The second-order valence-corrected chi connectivity index (χ2v) is 4.73. The van der Waals surface area contributed by atoms with Crippen molar-refractivity contribution < 1.29 is 19.1 Å². The van der Waals surface area contributed by atoms with Gasteiger partial charge in [-0.1, -0.05) is 30.3 Å². The van der Waals surface area contributed by atoms with E-state index in [9.17, 15) is 9.59 Å². The van der Waals surface area contributed by atoms with Crippen LogP contribution in [0.2, 0.25) is 0 Å². The lowest BCUT2D eigenvalue weighted by molar-refractivity contribution is -0.121. The van der Waals surface area contributed by atoms with Crippen molar-refractivity contribution in [3.8, 4) is 11.5 Å². The maximum Gasteiger partial charge on any atom is 0.269 e. The van der Waals surface area contributed by atoms with Gasteiger partial charge in [-0.2, -0.15) is 0 Å². The Morgan fingerprint density at radius 3 is 2.55 bits per heavy atom. The van der Waals surface area contributed by atoms with Gasteiger partial charge in [-0.05, 0) is 23.8 Å². The second kappa shape index (κ2) is 6.17. The van der Waals surface area contributed by atoms with Gasteiger partial charge in [-0.25, -0.2) is 0 Å². The van der Waals surface area contributed by atoms with Crippen LogP contribution < -0.4 is 20.3 Å². The molecule has 0 fully saturated rings. The zero-order chi connectivity index (χ0) is 15.4. The molecule has 0 spiro atoms. The number of hydrogen-bond donors (Lipinski definition) is 2. The molecule has 2 N–H and O–H groups in total. The predicted molar refractivity (Wildman–Crippen MR) is 78.3 cm³/mol. The topological polar surface area (TPSA) is 76.7 Å². The lowest BCUT2D eigenvalue weighted by atomic mass is 10.1. The smallest absolute Gasteiger partial charge is 0.269 e. The summed E-state index contributed by atoms with van der Waals surface area (Å²) in [4.78, 5) is 23.7. The van der Waals surface area contributed by atoms with Crippen LogP contribution in [-0.2, 0) is 11.2 Å². The van der Waals surface area contributed by atoms with Crippen LogP contribution in [0.15, 0.2) is 48.5 Å². The molecule has 2 amide bonds. The average Bonchev–Trinajstić information content (AvgIpc) is 3.01. The minimum absolute atomic E-state index is 0.147. The predicted octanol–water partition coefficient (Wildman–Crippen LogP) is 1.42. The van der Waals surface area contributed by atoms with E-state index in [1.165, 1.54) is 0 Å². The van der Waals surface area contributed by atoms with Crippen molar-refractivity contribution in [1.82, 2.24) is 10.9 Å². The van der Waals surface area contributed by atoms with Gasteiger partial charge in [0.25, 0.3) is 5.91 Å². The lowest BCUT2D eigenvalue weighted by Gasteiger charge is -2.08. The van der Waals surface area contributed by atoms with Crippen molar-refractivity contribution in [2.24, 2.45) is 0 Å². The molecule has 1 aliphatic heterocycles. The van der Waals surface area contributed by atoms with Crippen molar-refractivity contribution in [2.75, 3.05) is 6.79 Å². The third-order valence-corrected chi connectivity index (χ3v) is 3.16. The summed E-state index contributed by atoms with van der Waals surface area (Å²) in [5, 5.41) is 0. The molecule has 0 radical (unpaired) electrons. The van der Waals surface area contributed by atoms with E-state index in [4.69, 9.17) is 9.47 Å². The van der Waals surface area contributed by atoms with E-state index in [1.54, 1.807) is 18.2 Å². The van der Waals surface area contributed by atoms with Crippen LogP contribution in [-0.4, -0.2) is 18.6 Å². The zero-order valence-electron chi connectivity index (χ0n) is 11.7.